The second-order valence-corrected chi connectivity index (χ2v) is 8.42. The van der Waals surface area contributed by atoms with Crippen LogP contribution in [0, 0.1) is 19.8 Å². The molecule has 3 rings (SSSR count). The molecule has 0 atom stereocenters. The quantitative estimate of drug-likeness (QED) is 0.253. The standard InChI is InChI=1S/C26H30O6/c1-16(2)13-22(27)20-8-10-23(18(4)26(20)29)31-12-6-5-11-30-19-7-9-24-21(15-19)17(3)14-25(28)32-24/h7-10,14-16,29H,5-6,11-13H2,1-4H3. The van der Waals surface area contributed by atoms with Gasteiger partial charge in [-0.2, -0.15) is 0 Å². The van der Waals surface area contributed by atoms with Gasteiger partial charge >= 0.3 is 5.63 Å². The lowest BCUT2D eigenvalue weighted by Crippen LogP contribution is -2.06. The molecule has 0 bridgehead atoms. The lowest BCUT2D eigenvalue weighted by molar-refractivity contribution is 0.0965. The van der Waals surface area contributed by atoms with Crippen molar-refractivity contribution < 1.29 is 23.8 Å². The van der Waals surface area contributed by atoms with Crippen LogP contribution in [0.15, 0.2) is 45.6 Å². The van der Waals surface area contributed by atoms with Crippen molar-refractivity contribution in [3.05, 3.63) is 63.5 Å². The van der Waals surface area contributed by atoms with E-state index in [0.717, 1.165) is 29.5 Å². The molecule has 1 N–H and O–H groups in total. The Hall–Kier alpha value is -3.28. The Bertz CT molecular complexity index is 1160. The van der Waals surface area contributed by atoms with Gasteiger partial charge in [0.15, 0.2) is 5.78 Å². The summed E-state index contributed by atoms with van der Waals surface area (Å²) in [6.07, 6.45) is 1.96. The number of Topliss-reactive ketones (excluding diaryl/α,β-unsaturated/α-hetero) is 1. The van der Waals surface area contributed by atoms with Crippen molar-refractivity contribution in [2.45, 2.75) is 47.0 Å². The maximum Gasteiger partial charge on any atom is 0.336 e. The van der Waals surface area contributed by atoms with Gasteiger partial charge in [-0.25, -0.2) is 4.79 Å². The Kier molecular flexibility index (Phi) is 7.57. The molecule has 0 spiro atoms. The second-order valence-electron chi connectivity index (χ2n) is 8.42. The molecule has 0 aliphatic heterocycles. The van der Waals surface area contributed by atoms with Crippen molar-refractivity contribution >= 4 is 16.8 Å². The predicted octanol–water partition coefficient (Wildman–Crippen LogP) is 5.58. The molecule has 1 aromatic heterocycles. The van der Waals surface area contributed by atoms with Crippen molar-refractivity contribution in [3.63, 3.8) is 0 Å². The van der Waals surface area contributed by atoms with Crippen molar-refractivity contribution in [3.8, 4) is 17.2 Å². The summed E-state index contributed by atoms with van der Waals surface area (Å²) in [6.45, 7) is 8.58. The first-order valence-electron chi connectivity index (χ1n) is 10.9. The molecular formula is C26H30O6. The van der Waals surface area contributed by atoms with Gasteiger partial charge in [0, 0.05) is 23.4 Å². The van der Waals surface area contributed by atoms with E-state index in [2.05, 4.69) is 0 Å². The fourth-order valence-corrected chi connectivity index (χ4v) is 3.51. The van der Waals surface area contributed by atoms with Crippen LogP contribution in [-0.4, -0.2) is 24.1 Å². The molecule has 0 radical (unpaired) electrons. The fraction of sp³-hybridized carbons (Fsp3) is 0.385. The zero-order chi connectivity index (χ0) is 23.3. The smallest absolute Gasteiger partial charge is 0.336 e. The van der Waals surface area contributed by atoms with E-state index in [-0.39, 0.29) is 23.1 Å². The zero-order valence-electron chi connectivity index (χ0n) is 19.1. The molecule has 0 aliphatic rings. The van der Waals surface area contributed by atoms with Crippen LogP contribution in [0.4, 0.5) is 0 Å². The van der Waals surface area contributed by atoms with Gasteiger partial charge in [0.25, 0.3) is 0 Å². The maximum absolute atomic E-state index is 12.3. The third-order valence-electron chi connectivity index (χ3n) is 5.26. The second kappa shape index (κ2) is 10.4. The summed E-state index contributed by atoms with van der Waals surface area (Å²) in [6, 6.07) is 10.3. The van der Waals surface area contributed by atoms with Crippen LogP contribution < -0.4 is 15.1 Å². The zero-order valence-corrected chi connectivity index (χ0v) is 19.1. The summed E-state index contributed by atoms with van der Waals surface area (Å²) in [5, 5.41) is 11.3. The molecule has 32 heavy (non-hydrogen) atoms. The van der Waals surface area contributed by atoms with Crippen LogP contribution in [0.2, 0.25) is 0 Å². The third kappa shape index (κ3) is 5.69. The number of rotatable bonds is 10. The molecule has 0 aliphatic carbocycles. The van der Waals surface area contributed by atoms with E-state index in [4.69, 9.17) is 13.9 Å². The number of fused-ring (bicyclic) bond motifs is 1. The van der Waals surface area contributed by atoms with E-state index >= 15 is 0 Å². The van der Waals surface area contributed by atoms with Crippen LogP contribution in [0.3, 0.4) is 0 Å². The summed E-state index contributed by atoms with van der Waals surface area (Å²) >= 11 is 0. The number of benzene rings is 2. The normalized spacial score (nSPS) is 11.2. The molecule has 6 nitrogen and oxygen atoms in total. The highest BCUT2D eigenvalue weighted by atomic mass is 16.5. The average molecular weight is 439 g/mol. The number of ketones is 1. The average Bonchev–Trinajstić information content (AvgIpc) is 2.73. The number of carbonyl (C=O) groups excluding carboxylic acids is 1. The van der Waals surface area contributed by atoms with Crippen molar-refractivity contribution in [1.29, 1.82) is 0 Å². The first-order valence-corrected chi connectivity index (χ1v) is 10.9. The molecule has 0 saturated carbocycles. The molecule has 0 amide bonds. The molecule has 0 saturated heterocycles. The minimum Gasteiger partial charge on any atom is -0.507 e. The summed E-state index contributed by atoms with van der Waals surface area (Å²) in [5.41, 5.74) is 1.97. The van der Waals surface area contributed by atoms with E-state index < -0.39 is 0 Å². The van der Waals surface area contributed by atoms with Gasteiger partial charge in [-0.15, -0.1) is 0 Å². The van der Waals surface area contributed by atoms with Gasteiger partial charge in [-0.05, 0) is 68.5 Å². The number of phenolic OH excluding ortho intramolecular Hbond substituents is 1. The van der Waals surface area contributed by atoms with Crippen molar-refractivity contribution in [2.75, 3.05) is 13.2 Å². The Morgan fingerprint density at radius 1 is 1.03 bits per heavy atom. The monoisotopic (exact) mass is 438 g/mol. The molecule has 0 unspecified atom stereocenters. The third-order valence-corrected chi connectivity index (χ3v) is 5.26. The Balaban J connectivity index is 1.48. The fourth-order valence-electron chi connectivity index (χ4n) is 3.51. The van der Waals surface area contributed by atoms with Crippen molar-refractivity contribution in [1.82, 2.24) is 0 Å². The van der Waals surface area contributed by atoms with Gasteiger partial charge in [0.2, 0.25) is 0 Å². The van der Waals surface area contributed by atoms with Gasteiger partial charge in [0.05, 0.1) is 18.8 Å². The molecule has 2 aromatic carbocycles. The Morgan fingerprint density at radius 3 is 2.47 bits per heavy atom. The van der Waals surface area contributed by atoms with Crippen LogP contribution in [0.1, 0.15) is 54.6 Å². The largest absolute Gasteiger partial charge is 0.507 e. The number of aromatic hydroxyl groups is 1. The van der Waals surface area contributed by atoms with Crippen LogP contribution in [0.5, 0.6) is 17.2 Å². The number of phenols is 1. The lowest BCUT2D eigenvalue weighted by atomic mass is 9.98. The lowest BCUT2D eigenvalue weighted by Gasteiger charge is -2.13. The van der Waals surface area contributed by atoms with E-state index in [1.807, 2.05) is 26.8 Å². The van der Waals surface area contributed by atoms with Gasteiger partial charge in [0.1, 0.15) is 22.8 Å². The summed E-state index contributed by atoms with van der Waals surface area (Å²) in [5.74, 6) is 1.47. The number of aryl methyl sites for hydroxylation is 1. The Labute approximate surface area is 187 Å². The maximum atomic E-state index is 12.3. The highest BCUT2D eigenvalue weighted by molar-refractivity contribution is 5.99. The van der Waals surface area contributed by atoms with Gasteiger partial charge in [-0.1, -0.05) is 13.8 Å². The van der Waals surface area contributed by atoms with Crippen LogP contribution in [0.25, 0.3) is 11.0 Å². The molecule has 3 aromatic rings. The van der Waals surface area contributed by atoms with E-state index in [0.29, 0.717) is 42.1 Å². The Morgan fingerprint density at radius 2 is 1.75 bits per heavy atom. The molecule has 0 fully saturated rings. The predicted molar refractivity (Wildman–Crippen MR) is 124 cm³/mol. The SMILES string of the molecule is Cc1c(OCCCCOc2ccc3oc(=O)cc(C)c3c2)ccc(C(=O)CC(C)C)c1O. The first-order chi connectivity index (χ1) is 15.3. The molecule has 170 valence electrons. The van der Waals surface area contributed by atoms with E-state index in [1.165, 1.54) is 6.07 Å². The van der Waals surface area contributed by atoms with Crippen LogP contribution >= 0.6 is 0 Å². The van der Waals surface area contributed by atoms with Gasteiger partial charge in [-0.3, -0.25) is 4.79 Å². The van der Waals surface area contributed by atoms with Gasteiger partial charge < -0.3 is 19.0 Å². The topological polar surface area (TPSA) is 86.0 Å². The summed E-state index contributed by atoms with van der Waals surface area (Å²) in [4.78, 5) is 23.7. The number of ether oxygens (including phenoxy) is 2. The number of hydrogen-bond donors (Lipinski definition) is 1. The van der Waals surface area contributed by atoms with Crippen LogP contribution in [-0.2, 0) is 0 Å². The minimum atomic E-state index is -0.357. The van der Waals surface area contributed by atoms with E-state index in [1.54, 1.807) is 31.2 Å². The molecular weight excluding hydrogens is 408 g/mol. The van der Waals surface area contributed by atoms with E-state index in [9.17, 15) is 14.7 Å². The number of carbonyl (C=O) groups is 1. The number of hydrogen-bond acceptors (Lipinski definition) is 6. The summed E-state index contributed by atoms with van der Waals surface area (Å²) in [7, 11) is 0. The number of unbranched alkanes of at least 4 members (excludes halogenated alkanes) is 1. The first kappa shape index (κ1) is 23.4. The molecule has 6 heteroatoms. The highest BCUT2D eigenvalue weighted by Crippen LogP contribution is 2.32. The minimum absolute atomic E-state index is 0.00100. The van der Waals surface area contributed by atoms with Crippen molar-refractivity contribution in [2.24, 2.45) is 5.92 Å². The highest BCUT2D eigenvalue weighted by Gasteiger charge is 2.17. The summed E-state index contributed by atoms with van der Waals surface area (Å²) < 4.78 is 16.8. The molecule has 1 heterocycles.